The van der Waals surface area contributed by atoms with Crippen molar-refractivity contribution in [3.63, 3.8) is 0 Å². The minimum absolute atomic E-state index is 0.419. The summed E-state index contributed by atoms with van der Waals surface area (Å²) in [6.07, 6.45) is -0.419. The number of hydrogen-bond donors (Lipinski definition) is 1. The van der Waals surface area contributed by atoms with Crippen LogP contribution in [0.15, 0.2) is 190 Å². The number of amidine groups is 2. The van der Waals surface area contributed by atoms with Gasteiger partial charge in [-0.1, -0.05) is 146 Å². The molecule has 0 fully saturated rings. The average Bonchev–Trinajstić information content (AvgIpc) is 3.79. The molecule has 1 aliphatic heterocycles. The van der Waals surface area contributed by atoms with Crippen molar-refractivity contribution in [1.29, 1.82) is 0 Å². The van der Waals surface area contributed by atoms with Crippen molar-refractivity contribution in [2.75, 3.05) is 0 Å². The maximum Gasteiger partial charge on any atom is 0.170 e. The summed E-state index contributed by atoms with van der Waals surface area (Å²) in [5, 5.41) is 13.1. The predicted octanol–water partition coefficient (Wildman–Crippen LogP) is 12.9. The molecule has 1 atom stereocenters. The highest BCUT2D eigenvalue weighted by Crippen LogP contribution is 2.51. The standard InChI is InChI=1S/C51H31N3O/c1-2-11-31(12-3-1)49-52-50(36-21-20-30-10-4-5-13-32(30)27-36)54-51(53-49)41-18-8-14-35-26-33(22-24-37(35)41)34-23-25-45-44(28-34)48-42-19-9-17-40-38-15-6-7-16-39(38)43(47(40)42)29-46(48)55-45/h1-29,51H,(H,52,53,54). The Morgan fingerprint density at radius 2 is 1.05 bits per heavy atom. The fraction of sp³-hybridized carbons (Fsp3) is 0.0196. The maximum atomic E-state index is 6.56. The van der Waals surface area contributed by atoms with Gasteiger partial charge in [0.2, 0.25) is 0 Å². The number of fused-ring (bicyclic) bond motifs is 9. The van der Waals surface area contributed by atoms with E-state index in [1.807, 2.05) is 18.2 Å². The molecule has 0 saturated heterocycles. The molecule has 55 heavy (non-hydrogen) atoms. The molecule has 0 radical (unpaired) electrons. The van der Waals surface area contributed by atoms with E-state index >= 15 is 0 Å². The zero-order chi connectivity index (χ0) is 36.0. The van der Waals surface area contributed by atoms with Gasteiger partial charge in [0.1, 0.15) is 22.8 Å². The predicted molar refractivity (Wildman–Crippen MR) is 228 cm³/mol. The van der Waals surface area contributed by atoms with Crippen LogP contribution in [0.3, 0.4) is 0 Å². The van der Waals surface area contributed by atoms with Crippen molar-refractivity contribution in [1.82, 2.24) is 5.32 Å². The molecule has 0 spiro atoms. The molecule has 1 unspecified atom stereocenters. The minimum atomic E-state index is -0.419. The lowest BCUT2D eigenvalue weighted by Gasteiger charge is -2.23. The van der Waals surface area contributed by atoms with E-state index in [2.05, 4.69) is 163 Å². The van der Waals surface area contributed by atoms with Crippen molar-refractivity contribution in [3.8, 4) is 33.4 Å². The Morgan fingerprint density at radius 1 is 0.382 bits per heavy atom. The van der Waals surface area contributed by atoms with Gasteiger partial charge in [-0.3, -0.25) is 0 Å². The van der Waals surface area contributed by atoms with Crippen LogP contribution in [0.5, 0.6) is 0 Å². The second-order valence-corrected chi connectivity index (χ2v) is 14.5. The molecule has 0 amide bonds. The van der Waals surface area contributed by atoms with Crippen LogP contribution in [0.2, 0.25) is 0 Å². The van der Waals surface area contributed by atoms with E-state index in [1.165, 1.54) is 49.2 Å². The van der Waals surface area contributed by atoms with Crippen molar-refractivity contribution in [2.24, 2.45) is 9.98 Å². The summed E-state index contributed by atoms with van der Waals surface area (Å²) in [6, 6.07) is 62.7. The molecule has 1 aliphatic carbocycles. The van der Waals surface area contributed by atoms with Gasteiger partial charge in [-0.2, -0.15) is 0 Å². The zero-order valence-electron chi connectivity index (χ0n) is 29.6. The molecular weight excluding hydrogens is 671 g/mol. The minimum Gasteiger partial charge on any atom is -0.456 e. The lowest BCUT2D eigenvalue weighted by Crippen LogP contribution is -2.36. The first-order chi connectivity index (χ1) is 27.2. The molecular formula is C51H31N3O. The second kappa shape index (κ2) is 11.6. The Hall–Kier alpha value is -7.30. The molecule has 1 aromatic heterocycles. The summed E-state index contributed by atoms with van der Waals surface area (Å²) < 4.78 is 6.56. The van der Waals surface area contributed by atoms with Gasteiger partial charge in [0.05, 0.1) is 0 Å². The summed E-state index contributed by atoms with van der Waals surface area (Å²) in [7, 11) is 0. The first kappa shape index (κ1) is 30.2. The van der Waals surface area contributed by atoms with E-state index < -0.39 is 6.17 Å². The third-order valence-electron chi connectivity index (χ3n) is 11.4. The molecule has 1 N–H and O–H groups in total. The molecule has 2 aliphatic rings. The summed E-state index contributed by atoms with van der Waals surface area (Å²) in [6.45, 7) is 0. The normalized spacial score (nSPS) is 14.7. The van der Waals surface area contributed by atoms with Crippen molar-refractivity contribution in [2.45, 2.75) is 6.17 Å². The Kier molecular flexibility index (Phi) is 6.37. The summed E-state index contributed by atoms with van der Waals surface area (Å²) in [5.41, 5.74) is 12.4. The van der Waals surface area contributed by atoms with Crippen molar-refractivity contribution >= 4 is 65.9 Å². The van der Waals surface area contributed by atoms with Gasteiger partial charge in [0.15, 0.2) is 6.17 Å². The van der Waals surface area contributed by atoms with E-state index in [9.17, 15) is 0 Å². The van der Waals surface area contributed by atoms with Gasteiger partial charge in [-0.25, -0.2) is 9.98 Å². The molecule has 2 heterocycles. The highest BCUT2D eigenvalue weighted by Gasteiger charge is 2.25. The van der Waals surface area contributed by atoms with Crippen LogP contribution in [0.1, 0.15) is 22.9 Å². The summed E-state index contributed by atoms with van der Waals surface area (Å²) in [5.74, 6) is 1.62. The fourth-order valence-electron chi connectivity index (χ4n) is 8.85. The topological polar surface area (TPSA) is 49.9 Å². The van der Waals surface area contributed by atoms with Crippen LogP contribution in [-0.4, -0.2) is 11.7 Å². The Labute approximate surface area is 316 Å². The number of benzene rings is 9. The lowest BCUT2D eigenvalue weighted by molar-refractivity contribution is 0.669. The van der Waals surface area contributed by atoms with Gasteiger partial charge in [0.25, 0.3) is 0 Å². The highest BCUT2D eigenvalue weighted by molar-refractivity contribution is 6.28. The quantitative estimate of drug-likeness (QED) is 0.199. The Bertz CT molecular complexity index is 3300. The van der Waals surface area contributed by atoms with Gasteiger partial charge >= 0.3 is 0 Å². The Morgan fingerprint density at radius 3 is 1.95 bits per heavy atom. The van der Waals surface area contributed by atoms with Crippen LogP contribution in [0.4, 0.5) is 0 Å². The van der Waals surface area contributed by atoms with Gasteiger partial charge < -0.3 is 9.73 Å². The zero-order valence-corrected chi connectivity index (χ0v) is 29.6. The van der Waals surface area contributed by atoms with Crippen LogP contribution < -0.4 is 5.32 Å². The molecule has 256 valence electrons. The molecule has 9 aromatic carbocycles. The van der Waals surface area contributed by atoms with E-state index in [4.69, 9.17) is 14.4 Å². The number of nitrogens with zero attached hydrogens (tertiary/aromatic N) is 2. The molecule has 10 aromatic rings. The number of hydrogen-bond acceptors (Lipinski definition) is 4. The third kappa shape index (κ3) is 4.65. The van der Waals surface area contributed by atoms with Crippen molar-refractivity contribution in [3.05, 3.63) is 193 Å². The number of rotatable bonds is 4. The second-order valence-electron chi connectivity index (χ2n) is 14.5. The van der Waals surface area contributed by atoms with Crippen LogP contribution in [-0.2, 0) is 0 Å². The third-order valence-corrected chi connectivity index (χ3v) is 11.4. The average molecular weight is 702 g/mol. The number of nitrogens with one attached hydrogen (secondary N) is 1. The van der Waals surface area contributed by atoms with E-state index in [1.54, 1.807) is 0 Å². The smallest absolute Gasteiger partial charge is 0.170 e. The van der Waals surface area contributed by atoms with Crippen LogP contribution in [0, 0.1) is 0 Å². The van der Waals surface area contributed by atoms with E-state index in [0.717, 1.165) is 66.8 Å². The SMILES string of the molecule is c1ccc(C2=NC(c3cccc4cc(-c5ccc6oc7cc8c9c(cccc9c7c6c5)-c5ccccc5-8)ccc34)N=C(c3ccc4ccccc4c3)N2)cc1. The molecule has 0 saturated carbocycles. The molecule has 4 heteroatoms. The Balaban J connectivity index is 0.974. The monoisotopic (exact) mass is 701 g/mol. The van der Waals surface area contributed by atoms with Crippen LogP contribution in [0.25, 0.3) is 87.6 Å². The summed E-state index contributed by atoms with van der Waals surface area (Å²) >= 11 is 0. The van der Waals surface area contributed by atoms with E-state index in [0.29, 0.717) is 0 Å². The molecule has 0 bridgehead atoms. The lowest BCUT2D eigenvalue weighted by atomic mass is 9.95. The van der Waals surface area contributed by atoms with Crippen molar-refractivity contribution < 1.29 is 4.42 Å². The number of furan rings is 1. The fourth-order valence-corrected chi connectivity index (χ4v) is 8.85. The first-order valence-electron chi connectivity index (χ1n) is 18.8. The molecule has 4 nitrogen and oxygen atoms in total. The van der Waals surface area contributed by atoms with Gasteiger partial charge in [0, 0.05) is 27.5 Å². The van der Waals surface area contributed by atoms with E-state index in [-0.39, 0.29) is 0 Å². The number of aliphatic imine (C=N–C) groups is 2. The van der Waals surface area contributed by atoms with Crippen LogP contribution >= 0.6 is 0 Å². The highest BCUT2D eigenvalue weighted by atomic mass is 16.3. The van der Waals surface area contributed by atoms with Gasteiger partial charge in [-0.05, 0) is 96.0 Å². The van der Waals surface area contributed by atoms with Gasteiger partial charge in [-0.15, -0.1) is 0 Å². The largest absolute Gasteiger partial charge is 0.456 e. The summed E-state index contributed by atoms with van der Waals surface area (Å²) in [4.78, 5) is 10.5. The maximum absolute atomic E-state index is 6.56. The first-order valence-corrected chi connectivity index (χ1v) is 18.8. The molecule has 12 rings (SSSR count).